The number of hydrogen-bond acceptors (Lipinski definition) is 18. The number of likely N-dealkylation sites (tertiary alicyclic amines) is 1. The number of aromatic nitrogens is 1. The topological polar surface area (TPSA) is 479 Å². The van der Waals surface area contributed by atoms with Crippen LogP contribution in [0.1, 0.15) is 76.2 Å². The fraction of sp³-hybridized carbons (Fsp3) is 0.593. The Morgan fingerprint density at radius 3 is 1.81 bits per heavy atom. The second-order valence-corrected chi connectivity index (χ2v) is 21.2. The Kier molecular flexibility index (Phi) is 28.4. The van der Waals surface area contributed by atoms with Gasteiger partial charge in [-0.25, -0.2) is 0 Å². The molecule has 1 aromatic heterocycles. The van der Waals surface area contributed by atoms with Gasteiger partial charge in [0.2, 0.25) is 47.3 Å². The molecule has 2 aliphatic rings. The molecule has 0 spiro atoms. The minimum absolute atomic E-state index is 0.0627. The van der Waals surface area contributed by atoms with Crippen LogP contribution in [0.3, 0.4) is 0 Å². The van der Waals surface area contributed by atoms with Gasteiger partial charge in [-0.3, -0.25) is 81.8 Å². The molecule has 1 aromatic carbocycles. The van der Waals surface area contributed by atoms with Gasteiger partial charge in [0.15, 0.2) is 5.78 Å². The van der Waals surface area contributed by atoms with E-state index >= 15 is 0 Å². The summed E-state index contributed by atoms with van der Waals surface area (Å²) in [5, 5.41) is 66.7. The average Bonchev–Trinajstić information content (AvgIpc) is 2.50. The maximum Gasteiger partial charge on any atom is 0.317 e. The molecule has 0 aliphatic carbocycles. The van der Waals surface area contributed by atoms with E-state index in [-0.39, 0.29) is 96.5 Å². The Morgan fingerprint density at radius 2 is 1.24 bits per heavy atom. The van der Waals surface area contributed by atoms with E-state index in [1.165, 1.54) is 14.7 Å². The van der Waals surface area contributed by atoms with Gasteiger partial charge < -0.3 is 78.4 Å². The summed E-state index contributed by atoms with van der Waals surface area (Å²) in [6, 6.07) is 4.57. The SMILES string of the molecule is CN[C@@H](Cc1c[nH]c2ccccc12)C(=O)C[C@@H](CC(=O)O)C(=O)N1CCC[C@H]1C(=O)NCC(=O)NCC(=O)NCC(=O)N[C@@H](CCCCNC(=O)CCCC(=O)NCCC1(N(CC(=O)O)CC(=O)O)CN(CC(=O)O)CCN(CC(=O)O)C1)C(N)=O. The molecule has 0 radical (unpaired) electrons. The number of nitrogens with two attached hydrogens (primary N) is 1. The first-order valence-corrected chi connectivity index (χ1v) is 28.1. The summed E-state index contributed by atoms with van der Waals surface area (Å²) in [4.78, 5) is 183. The number of hydrogen-bond donors (Lipinski definition) is 14. The summed E-state index contributed by atoms with van der Waals surface area (Å²) in [5.74, 6) is -13.7. The molecule has 86 heavy (non-hydrogen) atoms. The molecule has 32 heteroatoms. The van der Waals surface area contributed by atoms with Crippen LogP contribution >= 0.6 is 0 Å². The maximum absolute atomic E-state index is 13.8. The monoisotopic (exact) mass is 1210 g/mol. The third-order valence-corrected chi connectivity index (χ3v) is 14.7. The molecule has 2 fully saturated rings. The van der Waals surface area contributed by atoms with Gasteiger partial charge in [-0.1, -0.05) is 18.2 Å². The Labute approximate surface area is 494 Å². The minimum atomic E-state index is -1.43. The highest BCUT2D eigenvalue weighted by Crippen LogP contribution is 2.28. The number of ketones is 1. The fourth-order valence-electron chi connectivity index (χ4n) is 10.5. The van der Waals surface area contributed by atoms with Crippen LogP contribution in [0, 0.1) is 5.92 Å². The summed E-state index contributed by atoms with van der Waals surface area (Å²) in [7, 11) is 1.59. The molecule has 8 amide bonds. The van der Waals surface area contributed by atoms with Gasteiger partial charge in [0.25, 0.3) is 0 Å². The standard InChI is InChI=1S/C54H79N13O19/c1-56-38(20-34-23-59-36-9-3-2-8-35(34)36)40(68)21-33(22-46(74)75)53(86)67-17-7-11-39(67)52(85)62-25-44(72)60-24-43(71)61-26-45(73)63-37(51(55)84)10-4-5-15-57-41(69)12-6-13-42(70)58-16-14-54(66(29-49(80)81)30-50(82)83)31-64(27-47(76)77)18-19-65(32-54)28-48(78)79/h2-3,8-9,23,33,37-39,56,59H,4-7,10-22,24-32H2,1H3,(H2,55,84)(H,57,69)(H,58,70)(H,60,72)(H,61,71)(H,62,85)(H,63,73)(H,74,75)(H,76,77)(H,78,79)(H,80,81)(H,82,83)/t33-,37-,38-,39-/m0/s1. The second-order valence-electron chi connectivity index (χ2n) is 21.2. The van der Waals surface area contributed by atoms with Crippen molar-refractivity contribution >= 4 is 93.8 Å². The second kappa shape index (κ2) is 35.0. The number of nitrogens with zero attached hydrogens (tertiary/aromatic N) is 4. The number of rotatable bonds is 39. The molecule has 15 N–H and O–H groups in total. The number of H-pyrrole nitrogens is 1. The largest absolute Gasteiger partial charge is 0.481 e. The number of carboxylic acids is 5. The molecule has 0 unspecified atom stereocenters. The maximum atomic E-state index is 13.8. The zero-order chi connectivity index (χ0) is 63.5. The Hall–Kier alpha value is -8.62. The van der Waals surface area contributed by atoms with Gasteiger partial charge in [-0.2, -0.15) is 0 Å². The molecule has 4 rings (SSSR count). The van der Waals surface area contributed by atoms with E-state index in [4.69, 9.17) is 5.73 Å². The van der Waals surface area contributed by atoms with Gasteiger partial charge in [0, 0.05) is 87.7 Å². The molecule has 4 atom stereocenters. The molecule has 2 saturated heterocycles. The van der Waals surface area contributed by atoms with Crippen LogP contribution in [-0.4, -0.2) is 255 Å². The smallest absolute Gasteiger partial charge is 0.317 e. The van der Waals surface area contributed by atoms with Crippen LogP contribution in [0.4, 0.5) is 0 Å². The summed E-state index contributed by atoms with van der Waals surface area (Å²) in [5.41, 5.74) is 5.78. The molecular weight excluding hydrogens is 1130 g/mol. The van der Waals surface area contributed by atoms with Gasteiger partial charge in [-0.15, -0.1) is 0 Å². The molecular formula is C54H79N13O19. The quantitative estimate of drug-likeness (QED) is 0.0281. The number of carbonyl (C=O) groups is 14. The number of Topliss-reactive ketones (excluding diaryl/α,β-unsaturated/α-hetero) is 1. The Morgan fingerprint density at radius 1 is 0.663 bits per heavy atom. The minimum Gasteiger partial charge on any atom is -0.481 e. The Bertz CT molecular complexity index is 2730. The van der Waals surface area contributed by atoms with Crippen LogP contribution in [0.2, 0.25) is 0 Å². The predicted molar refractivity (Wildman–Crippen MR) is 301 cm³/mol. The number of aromatic amines is 1. The van der Waals surface area contributed by atoms with E-state index in [0.717, 1.165) is 21.4 Å². The van der Waals surface area contributed by atoms with Gasteiger partial charge in [0.05, 0.1) is 64.2 Å². The first kappa shape index (κ1) is 69.9. The molecule has 2 aliphatic heterocycles. The lowest BCUT2D eigenvalue weighted by atomic mass is 9.90. The normalized spacial score (nSPS) is 16.2. The average molecular weight is 1210 g/mol. The molecule has 0 bridgehead atoms. The van der Waals surface area contributed by atoms with Crippen molar-refractivity contribution in [3.8, 4) is 0 Å². The summed E-state index contributed by atoms with van der Waals surface area (Å²) in [6.45, 7) is -4.37. The van der Waals surface area contributed by atoms with E-state index in [1.54, 1.807) is 13.2 Å². The van der Waals surface area contributed by atoms with Crippen LogP contribution in [0.15, 0.2) is 30.5 Å². The number of carbonyl (C=O) groups excluding carboxylic acids is 9. The van der Waals surface area contributed by atoms with Gasteiger partial charge in [-0.05, 0) is 70.0 Å². The van der Waals surface area contributed by atoms with Crippen molar-refractivity contribution < 1.29 is 92.7 Å². The van der Waals surface area contributed by atoms with Crippen LogP contribution < -0.4 is 43.0 Å². The number of unbranched alkanes of at least 4 members (excludes halogenated alkanes) is 1. The predicted octanol–water partition coefficient (Wildman–Crippen LogP) is -4.38. The molecule has 2 aromatic rings. The number of para-hydroxylation sites is 1. The number of nitrogens with one attached hydrogen (secondary N) is 8. The van der Waals surface area contributed by atoms with Crippen molar-refractivity contribution in [2.45, 2.75) is 101 Å². The number of benzene rings is 1. The number of aliphatic carboxylic acids is 5. The lowest BCUT2D eigenvalue weighted by molar-refractivity contribution is -0.148. The highest BCUT2D eigenvalue weighted by Gasteiger charge is 2.44. The van der Waals surface area contributed by atoms with E-state index in [1.807, 2.05) is 24.3 Å². The van der Waals surface area contributed by atoms with Crippen molar-refractivity contribution in [2.75, 3.05) is 98.7 Å². The molecule has 0 saturated carbocycles. The van der Waals surface area contributed by atoms with Gasteiger partial charge in [0.1, 0.15) is 12.1 Å². The number of amides is 8. The highest BCUT2D eigenvalue weighted by molar-refractivity contribution is 5.96. The summed E-state index contributed by atoms with van der Waals surface area (Å²) in [6.07, 6.45) is 2.14. The highest BCUT2D eigenvalue weighted by atomic mass is 16.4. The lowest BCUT2D eigenvalue weighted by Gasteiger charge is -2.45. The number of likely N-dealkylation sites (N-methyl/N-ethyl adjacent to an activating group) is 1. The van der Waals surface area contributed by atoms with Crippen molar-refractivity contribution in [3.63, 3.8) is 0 Å². The van der Waals surface area contributed by atoms with E-state index in [9.17, 15) is 92.7 Å². The third-order valence-electron chi connectivity index (χ3n) is 14.7. The van der Waals surface area contributed by atoms with E-state index in [2.05, 4.69) is 42.2 Å². The zero-order valence-corrected chi connectivity index (χ0v) is 47.9. The Balaban J connectivity index is 1.12. The van der Waals surface area contributed by atoms with Crippen molar-refractivity contribution in [1.29, 1.82) is 0 Å². The molecule has 32 nitrogen and oxygen atoms in total. The summed E-state index contributed by atoms with van der Waals surface area (Å²) < 4.78 is 0. The fourth-order valence-corrected chi connectivity index (χ4v) is 10.5. The van der Waals surface area contributed by atoms with Crippen molar-refractivity contribution in [1.82, 2.24) is 61.8 Å². The van der Waals surface area contributed by atoms with E-state index in [0.29, 0.717) is 19.3 Å². The number of primary amides is 1. The lowest BCUT2D eigenvalue weighted by Crippen LogP contribution is -2.63. The van der Waals surface area contributed by atoms with Crippen LogP contribution in [0.5, 0.6) is 0 Å². The van der Waals surface area contributed by atoms with Crippen molar-refractivity contribution in [2.24, 2.45) is 11.7 Å². The van der Waals surface area contributed by atoms with Gasteiger partial charge >= 0.3 is 29.8 Å². The zero-order valence-electron chi connectivity index (χ0n) is 47.9. The number of carboxylic acid groups (broad SMARTS) is 5. The molecule has 474 valence electrons. The van der Waals surface area contributed by atoms with Crippen LogP contribution in [0.25, 0.3) is 10.9 Å². The van der Waals surface area contributed by atoms with Crippen LogP contribution in [-0.2, 0) is 73.5 Å². The molecule has 3 heterocycles. The summed E-state index contributed by atoms with van der Waals surface area (Å²) >= 11 is 0. The number of fused-ring (bicyclic) bond motifs is 1. The van der Waals surface area contributed by atoms with Crippen molar-refractivity contribution in [3.05, 3.63) is 36.0 Å². The van der Waals surface area contributed by atoms with E-state index < -0.39 is 165 Å². The first-order valence-electron chi connectivity index (χ1n) is 28.1. The first-order chi connectivity index (χ1) is 40.8. The third kappa shape index (κ3) is 23.8.